The van der Waals surface area contributed by atoms with E-state index >= 15 is 0 Å². The SMILES string of the molecule is C.C.CCN1CCCC1CN.CCN1CCCC1CNc1nc(NCC2CCCCC2)nc(Nc2ccc(OC)c(F)c2)n1.COc1ccc(Nc2nc(Cl)nc(Cl)n2)cc1F.COc1ccc(Nc2nc(Cl)nc(NCC3CCCCC3)n2)cc1F.NCC1CCCCC1. The fourth-order valence-corrected chi connectivity index (χ4v) is 12.6. The number of nitrogens with zero attached hydrogens (tertiary/aromatic N) is 11. The molecule has 3 saturated carbocycles. The third-order valence-corrected chi connectivity index (χ3v) is 17.7. The Hall–Kier alpha value is -6.61. The van der Waals surface area contributed by atoms with E-state index in [1.54, 1.807) is 24.3 Å². The zero-order chi connectivity index (χ0) is 66.3. The first-order valence-electron chi connectivity index (χ1n) is 32.8. The minimum Gasteiger partial charge on any atom is -0.494 e. The van der Waals surface area contributed by atoms with E-state index in [2.05, 4.69) is 100 Å². The van der Waals surface area contributed by atoms with Crippen molar-refractivity contribution >= 4 is 87.6 Å². The zero-order valence-electron chi connectivity index (χ0n) is 54.4. The number of methoxy groups -OCH3 is 3. The summed E-state index contributed by atoms with van der Waals surface area (Å²) >= 11 is 17.2. The molecule has 3 aliphatic carbocycles. The molecule has 11 rings (SSSR count). The maximum absolute atomic E-state index is 14.2. The predicted molar refractivity (Wildman–Crippen MR) is 381 cm³/mol. The number of hydrogen-bond donors (Lipinski definition) is 8. The van der Waals surface area contributed by atoms with Crippen molar-refractivity contribution in [1.29, 1.82) is 0 Å². The Balaban J connectivity index is 0.000000233. The minimum absolute atomic E-state index is 0. The highest BCUT2D eigenvalue weighted by molar-refractivity contribution is 6.31. The Kier molecular flexibility index (Phi) is 35.7. The normalized spacial score (nSPS) is 17.4. The molecule has 0 radical (unpaired) electrons. The second kappa shape index (κ2) is 42.8. The summed E-state index contributed by atoms with van der Waals surface area (Å²) in [5, 5.41) is 18.8. The quantitative estimate of drug-likeness (QED) is 0.0314. The molecule has 6 aromatic rings. The molecule has 2 saturated heterocycles. The molecule has 3 aromatic heterocycles. The second-order valence-corrected chi connectivity index (χ2v) is 24.7. The van der Waals surface area contributed by atoms with Crippen molar-refractivity contribution < 1.29 is 27.4 Å². The lowest BCUT2D eigenvalue weighted by Gasteiger charge is -2.23. The van der Waals surface area contributed by atoms with Crippen molar-refractivity contribution in [2.75, 3.05) is 112 Å². The molecule has 5 aliphatic rings. The lowest BCUT2D eigenvalue weighted by molar-refractivity contribution is 0.272. The summed E-state index contributed by atoms with van der Waals surface area (Å²) in [6.07, 6.45) is 24.8. The number of likely N-dealkylation sites (tertiary alicyclic amines) is 2. The molecule has 0 bridgehead atoms. The Morgan fingerprint density at radius 1 is 0.411 bits per heavy atom. The lowest BCUT2D eigenvalue weighted by atomic mass is 9.89. The molecule has 5 fully saturated rings. The molecule has 0 spiro atoms. The average Bonchev–Trinajstić information content (AvgIpc) is 1.45. The molecule has 10 N–H and O–H groups in total. The number of benzene rings is 3. The number of nitrogens with two attached hydrogens (primary N) is 2. The molecular weight excluding hydrogens is 1280 g/mol. The van der Waals surface area contributed by atoms with Crippen LogP contribution in [0.2, 0.25) is 15.9 Å². The van der Waals surface area contributed by atoms with Gasteiger partial charge in [0.2, 0.25) is 51.5 Å². The number of ether oxygens (including phenoxy) is 3. The first-order chi connectivity index (χ1) is 45.2. The highest BCUT2D eigenvalue weighted by atomic mass is 35.5. The first kappa shape index (κ1) is 79.1. The van der Waals surface area contributed by atoms with Gasteiger partial charge in [0.15, 0.2) is 34.7 Å². The van der Waals surface area contributed by atoms with Crippen LogP contribution in [0.4, 0.5) is 65.9 Å². The monoisotopic (exact) mass is 1380 g/mol. The van der Waals surface area contributed by atoms with Crippen molar-refractivity contribution in [3.8, 4) is 17.2 Å². The third-order valence-electron chi connectivity index (χ3n) is 17.2. The summed E-state index contributed by atoms with van der Waals surface area (Å²) in [4.78, 5) is 42.3. The largest absolute Gasteiger partial charge is 0.494 e. The molecule has 28 heteroatoms. The molecule has 0 amide bonds. The van der Waals surface area contributed by atoms with Gasteiger partial charge in [-0.15, -0.1) is 0 Å². The van der Waals surface area contributed by atoms with Crippen LogP contribution < -0.4 is 57.6 Å². The van der Waals surface area contributed by atoms with Gasteiger partial charge in [0, 0.05) is 73.5 Å². The van der Waals surface area contributed by atoms with Gasteiger partial charge in [-0.1, -0.05) is 86.5 Å². The van der Waals surface area contributed by atoms with Gasteiger partial charge in [-0.3, -0.25) is 9.80 Å². The highest BCUT2D eigenvalue weighted by Crippen LogP contribution is 2.30. The molecule has 5 heterocycles. The van der Waals surface area contributed by atoms with Gasteiger partial charge >= 0.3 is 0 Å². The number of rotatable bonds is 22. The van der Waals surface area contributed by atoms with Crippen molar-refractivity contribution in [3.05, 3.63) is 87.9 Å². The highest BCUT2D eigenvalue weighted by Gasteiger charge is 2.24. The number of aromatic nitrogens is 9. The van der Waals surface area contributed by atoms with E-state index in [1.807, 2.05) is 0 Å². The van der Waals surface area contributed by atoms with Crippen LogP contribution in [0.1, 0.15) is 151 Å². The van der Waals surface area contributed by atoms with Gasteiger partial charge < -0.3 is 57.6 Å². The van der Waals surface area contributed by atoms with Crippen LogP contribution in [0.3, 0.4) is 0 Å². The molecule has 2 aliphatic heterocycles. The van der Waals surface area contributed by atoms with Crippen LogP contribution in [-0.4, -0.2) is 147 Å². The maximum Gasteiger partial charge on any atom is 0.233 e. The summed E-state index contributed by atoms with van der Waals surface area (Å²) in [6, 6.07) is 14.7. The van der Waals surface area contributed by atoms with E-state index in [1.165, 1.54) is 187 Å². The van der Waals surface area contributed by atoms with E-state index in [4.69, 9.17) is 60.5 Å². The summed E-state index contributed by atoms with van der Waals surface area (Å²) in [7, 11) is 4.25. The molecule has 526 valence electrons. The van der Waals surface area contributed by atoms with Crippen molar-refractivity contribution in [3.63, 3.8) is 0 Å². The molecule has 95 heavy (non-hydrogen) atoms. The molecule has 3 aromatic carbocycles. The summed E-state index contributed by atoms with van der Waals surface area (Å²) < 4.78 is 56.1. The lowest BCUT2D eigenvalue weighted by Crippen LogP contribution is -2.35. The third kappa shape index (κ3) is 27.1. The van der Waals surface area contributed by atoms with Crippen LogP contribution in [0.5, 0.6) is 17.2 Å². The van der Waals surface area contributed by atoms with Gasteiger partial charge in [0.05, 0.1) is 21.3 Å². The fourth-order valence-electron chi connectivity index (χ4n) is 12.1. The maximum atomic E-state index is 14.2. The van der Waals surface area contributed by atoms with Crippen LogP contribution in [-0.2, 0) is 0 Å². The minimum atomic E-state index is -0.506. The topological polar surface area (TPSA) is 274 Å². The Morgan fingerprint density at radius 3 is 1.09 bits per heavy atom. The van der Waals surface area contributed by atoms with Crippen molar-refractivity contribution in [2.24, 2.45) is 29.2 Å². The van der Waals surface area contributed by atoms with Crippen molar-refractivity contribution in [2.45, 2.75) is 163 Å². The van der Waals surface area contributed by atoms with E-state index in [0.717, 1.165) is 51.7 Å². The van der Waals surface area contributed by atoms with Gasteiger partial charge in [-0.2, -0.15) is 44.9 Å². The average molecular weight is 1390 g/mol. The summed E-state index contributed by atoms with van der Waals surface area (Å²) in [6.45, 7) is 13.2. The number of anilines is 9. The van der Waals surface area contributed by atoms with Crippen LogP contribution in [0, 0.1) is 35.2 Å². The number of halogens is 6. The first-order valence-corrected chi connectivity index (χ1v) is 34.0. The smallest absolute Gasteiger partial charge is 0.233 e. The number of hydrogen-bond acceptors (Lipinski definition) is 22. The predicted octanol–water partition coefficient (Wildman–Crippen LogP) is 15.4. The van der Waals surface area contributed by atoms with E-state index in [0.29, 0.717) is 64.8 Å². The van der Waals surface area contributed by atoms with E-state index in [-0.39, 0.29) is 59.8 Å². The Bertz CT molecular complexity index is 3140. The summed E-state index contributed by atoms with van der Waals surface area (Å²) in [5.41, 5.74) is 12.5. The Labute approximate surface area is 576 Å². The van der Waals surface area contributed by atoms with Gasteiger partial charge in [-0.25, -0.2) is 13.2 Å². The van der Waals surface area contributed by atoms with E-state index in [9.17, 15) is 13.2 Å². The van der Waals surface area contributed by atoms with Crippen LogP contribution in [0.15, 0.2) is 54.6 Å². The molecular formula is C67H103Cl3F3N19O3. The number of nitrogens with one attached hydrogen (secondary N) is 6. The standard InChI is InChI=1S/C24H36FN7O.C17H21ClFN5O.C10H7Cl2FN4O.C7H16N2.C7H15N.2CH4/c1-3-32-13-7-10-19(32)16-27-23-29-22(26-15-17-8-5-4-6-9-17)30-24(31-23)28-18-11-12-21(33-2)20(25)14-18;1-25-14-8-7-12(9-13(14)19)21-17-23-15(18)22-16(24-17)20-10-11-5-3-2-4-6-11;1-18-7-3-2-5(4-6(7)13)14-10-16-8(11)15-9(12)17-10;1-2-9-5-3-4-7(9)6-8;8-6-7-4-2-1-3-5-7;;/h11-12,14,17,19H,3-10,13,15-16H2,1-2H3,(H3,26,27,28,29,30,31);7-9,11H,2-6,10H2,1H3,(H2,20,21,22,23,24);2-4H,1H3,(H,14,15,16,17);7H,2-6,8H2,1H3;7H,1-6,8H2;2*1H4. The zero-order valence-corrected chi connectivity index (χ0v) is 56.7. The van der Waals surface area contributed by atoms with Gasteiger partial charge in [-0.05, 0) is 186 Å². The van der Waals surface area contributed by atoms with E-state index < -0.39 is 17.5 Å². The van der Waals surface area contributed by atoms with Gasteiger partial charge in [0.1, 0.15) is 0 Å². The molecule has 2 unspecified atom stereocenters. The van der Waals surface area contributed by atoms with Crippen LogP contribution >= 0.6 is 34.8 Å². The van der Waals surface area contributed by atoms with Crippen molar-refractivity contribution in [1.82, 2.24) is 54.7 Å². The van der Waals surface area contributed by atoms with Gasteiger partial charge in [0.25, 0.3) is 0 Å². The van der Waals surface area contributed by atoms with Crippen LogP contribution in [0.25, 0.3) is 0 Å². The molecule has 2 atom stereocenters. The number of likely N-dealkylation sites (N-methyl/N-ethyl adjacent to an activating group) is 2. The molecule has 22 nitrogen and oxygen atoms in total. The Morgan fingerprint density at radius 2 is 0.737 bits per heavy atom. The fraction of sp³-hybridized carbons (Fsp3) is 0.597. The second-order valence-electron chi connectivity index (χ2n) is 23.7. The summed E-state index contributed by atoms with van der Waals surface area (Å²) in [5.74, 6) is 3.50.